The van der Waals surface area contributed by atoms with Crippen LogP contribution in [0.15, 0.2) is 0 Å². The average molecular weight is 268 g/mol. The number of nitrogens with zero attached hydrogens (tertiary/aromatic N) is 1. The summed E-state index contributed by atoms with van der Waals surface area (Å²) in [6.45, 7) is 12.9. The molecule has 0 radical (unpaired) electrons. The molecule has 0 bridgehead atoms. The van der Waals surface area contributed by atoms with E-state index in [1.807, 2.05) is 18.7 Å². The van der Waals surface area contributed by atoms with Crippen LogP contribution in [0.1, 0.15) is 60.8 Å². The summed E-state index contributed by atoms with van der Waals surface area (Å²) < 4.78 is 0. The fourth-order valence-electron chi connectivity index (χ4n) is 2.68. The Bertz CT molecular complexity index is 354. The van der Waals surface area contributed by atoms with Crippen LogP contribution in [0.25, 0.3) is 0 Å². The number of piperazine rings is 1. The van der Waals surface area contributed by atoms with Gasteiger partial charge in [0.2, 0.25) is 11.8 Å². The highest BCUT2D eigenvalue weighted by atomic mass is 16.2. The maximum atomic E-state index is 12.4. The second-order valence-corrected chi connectivity index (χ2v) is 6.73. The molecule has 1 N–H and O–H groups in total. The van der Waals surface area contributed by atoms with E-state index in [-0.39, 0.29) is 17.2 Å². The van der Waals surface area contributed by atoms with Crippen molar-refractivity contribution in [2.45, 2.75) is 72.4 Å². The second kappa shape index (κ2) is 5.51. The molecule has 0 spiro atoms. The molecule has 2 amide bonds. The third-order valence-electron chi connectivity index (χ3n) is 4.18. The summed E-state index contributed by atoms with van der Waals surface area (Å²) in [6, 6.07) is -0.404. The maximum Gasteiger partial charge on any atom is 0.246 e. The van der Waals surface area contributed by atoms with Gasteiger partial charge in [0.05, 0.1) is 0 Å². The van der Waals surface area contributed by atoms with E-state index in [4.69, 9.17) is 0 Å². The van der Waals surface area contributed by atoms with E-state index in [1.54, 1.807) is 6.92 Å². The van der Waals surface area contributed by atoms with Gasteiger partial charge < -0.3 is 10.2 Å². The summed E-state index contributed by atoms with van der Waals surface area (Å²) in [6.07, 6.45) is 2.23. The lowest BCUT2D eigenvalue weighted by molar-refractivity contribution is -0.158. The smallest absolute Gasteiger partial charge is 0.246 e. The highest BCUT2D eigenvalue weighted by Crippen LogP contribution is 2.31. The first-order valence-electron chi connectivity index (χ1n) is 7.30. The second-order valence-electron chi connectivity index (χ2n) is 6.73. The Kier molecular flexibility index (Phi) is 4.64. The zero-order valence-corrected chi connectivity index (χ0v) is 13.2. The minimum atomic E-state index is -0.658. The molecule has 1 rings (SSSR count). The Morgan fingerprint density at radius 3 is 2.16 bits per heavy atom. The molecule has 110 valence electrons. The van der Waals surface area contributed by atoms with Crippen LogP contribution in [-0.4, -0.2) is 34.8 Å². The highest BCUT2D eigenvalue weighted by molar-refractivity contribution is 5.99. The van der Waals surface area contributed by atoms with Gasteiger partial charge in [0.25, 0.3) is 0 Å². The van der Waals surface area contributed by atoms with E-state index in [0.29, 0.717) is 19.4 Å². The first kappa shape index (κ1) is 16.0. The molecular weight excluding hydrogens is 240 g/mol. The summed E-state index contributed by atoms with van der Waals surface area (Å²) in [5.41, 5.74) is -0.500. The summed E-state index contributed by atoms with van der Waals surface area (Å²) in [7, 11) is 0. The molecule has 4 nitrogen and oxygen atoms in total. The number of nitrogens with one attached hydrogen (secondary N) is 1. The van der Waals surface area contributed by atoms with E-state index in [0.717, 1.165) is 6.42 Å². The van der Waals surface area contributed by atoms with Crippen LogP contribution < -0.4 is 5.32 Å². The predicted octanol–water partition coefficient (Wildman–Crippen LogP) is 2.33. The molecule has 0 aromatic rings. The monoisotopic (exact) mass is 268 g/mol. The number of carbonyl (C=O) groups excluding carboxylic acids is 2. The van der Waals surface area contributed by atoms with E-state index >= 15 is 0 Å². The third-order valence-corrected chi connectivity index (χ3v) is 4.18. The van der Waals surface area contributed by atoms with Crippen LogP contribution in [0.2, 0.25) is 0 Å². The molecule has 0 aliphatic carbocycles. The Balaban J connectivity index is 3.03. The first-order chi connectivity index (χ1) is 8.68. The minimum Gasteiger partial charge on any atom is -0.343 e. The highest BCUT2D eigenvalue weighted by Gasteiger charge is 2.49. The summed E-state index contributed by atoms with van der Waals surface area (Å²) >= 11 is 0. The van der Waals surface area contributed by atoms with Crippen molar-refractivity contribution in [1.82, 2.24) is 10.2 Å². The summed E-state index contributed by atoms with van der Waals surface area (Å²) in [4.78, 5) is 26.6. The third kappa shape index (κ3) is 3.10. The zero-order chi connectivity index (χ0) is 14.8. The largest absolute Gasteiger partial charge is 0.343 e. The Morgan fingerprint density at radius 2 is 1.74 bits per heavy atom. The first-order valence-corrected chi connectivity index (χ1v) is 7.30. The molecule has 0 aromatic carbocycles. The van der Waals surface area contributed by atoms with Gasteiger partial charge in [-0.3, -0.25) is 9.59 Å². The summed E-state index contributed by atoms with van der Waals surface area (Å²) in [5.74, 6) is 0.0473. The van der Waals surface area contributed by atoms with Gasteiger partial charge in [-0.2, -0.15) is 0 Å². The van der Waals surface area contributed by atoms with Crippen molar-refractivity contribution in [3.8, 4) is 0 Å². The van der Waals surface area contributed by atoms with Crippen LogP contribution in [0.4, 0.5) is 0 Å². The van der Waals surface area contributed by atoms with Gasteiger partial charge >= 0.3 is 0 Å². The Hall–Kier alpha value is -1.06. The number of hydrogen-bond donors (Lipinski definition) is 1. The molecule has 1 atom stereocenters. The standard InChI is InChI=1S/C15H28N2O2/c1-7-15(8-2)13(19)16-11(3)12(18)17(15)10-9-14(4,5)6/h11H,7-10H2,1-6H3,(H,16,19). The van der Waals surface area contributed by atoms with Gasteiger partial charge in [-0.15, -0.1) is 0 Å². The van der Waals surface area contributed by atoms with Crippen LogP contribution in [-0.2, 0) is 9.59 Å². The van der Waals surface area contributed by atoms with Gasteiger partial charge in [-0.25, -0.2) is 0 Å². The molecule has 0 aromatic heterocycles. The summed E-state index contributed by atoms with van der Waals surface area (Å²) in [5, 5.41) is 2.82. The minimum absolute atomic E-state index is 0.00138. The predicted molar refractivity (Wildman–Crippen MR) is 76.7 cm³/mol. The van der Waals surface area contributed by atoms with Crippen molar-refractivity contribution < 1.29 is 9.59 Å². The van der Waals surface area contributed by atoms with Crippen molar-refractivity contribution in [2.75, 3.05) is 6.54 Å². The van der Waals surface area contributed by atoms with Crippen molar-refractivity contribution in [2.24, 2.45) is 5.41 Å². The molecule has 1 aliphatic rings. The Labute approximate surface area is 116 Å². The molecule has 19 heavy (non-hydrogen) atoms. The fourth-order valence-corrected chi connectivity index (χ4v) is 2.68. The topological polar surface area (TPSA) is 49.4 Å². The van der Waals surface area contributed by atoms with Gasteiger partial charge in [0.1, 0.15) is 11.6 Å². The molecule has 1 saturated heterocycles. The molecule has 1 unspecified atom stereocenters. The van der Waals surface area contributed by atoms with Crippen molar-refractivity contribution in [1.29, 1.82) is 0 Å². The van der Waals surface area contributed by atoms with Crippen LogP contribution in [0.5, 0.6) is 0 Å². The maximum absolute atomic E-state index is 12.4. The van der Waals surface area contributed by atoms with Gasteiger partial charge in [-0.1, -0.05) is 34.6 Å². The number of carbonyl (C=O) groups is 2. The lowest BCUT2D eigenvalue weighted by atomic mass is 9.84. The average Bonchev–Trinajstić information content (AvgIpc) is 2.31. The molecular formula is C15H28N2O2. The molecule has 1 heterocycles. The SMILES string of the molecule is CCC1(CC)C(=O)NC(C)C(=O)N1CCC(C)(C)C. The molecule has 0 saturated carbocycles. The quantitative estimate of drug-likeness (QED) is 0.850. The van der Waals surface area contributed by atoms with Gasteiger partial charge in [0.15, 0.2) is 0 Å². The van der Waals surface area contributed by atoms with E-state index in [2.05, 4.69) is 26.1 Å². The molecule has 4 heteroatoms. The molecule has 1 fully saturated rings. The van der Waals surface area contributed by atoms with Crippen LogP contribution in [0.3, 0.4) is 0 Å². The number of amides is 2. The van der Waals surface area contributed by atoms with Crippen LogP contribution in [0, 0.1) is 5.41 Å². The van der Waals surface area contributed by atoms with Crippen molar-refractivity contribution >= 4 is 11.8 Å². The zero-order valence-electron chi connectivity index (χ0n) is 13.2. The van der Waals surface area contributed by atoms with Gasteiger partial charge in [-0.05, 0) is 31.6 Å². The lowest BCUT2D eigenvalue weighted by Gasteiger charge is -2.47. The fraction of sp³-hybridized carbons (Fsp3) is 0.867. The van der Waals surface area contributed by atoms with E-state index in [1.165, 1.54) is 0 Å². The lowest BCUT2D eigenvalue weighted by Crippen LogP contribution is -2.69. The van der Waals surface area contributed by atoms with E-state index in [9.17, 15) is 9.59 Å². The normalized spacial score (nSPS) is 23.5. The number of hydrogen-bond acceptors (Lipinski definition) is 2. The number of rotatable bonds is 4. The van der Waals surface area contributed by atoms with Crippen LogP contribution >= 0.6 is 0 Å². The van der Waals surface area contributed by atoms with Crippen molar-refractivity contribution in [3.05, 3.63) is 0 Å². The molecule has 1 aliphatic heterocycles. The van der Waals surface area contributed by atoms with Gasteiger partial charge in [0, 0.05) is 6.54 Å². The van der Waals surface area contributed by atoms with Crippen molar-refractivity contribution in [3.63, 3.8) is 0 Å². The van der Waals surface area contributed by atoms with E-state index < -0.39 is 11.6 Å². The Morgan fingerprint density at radius 1 is 1.21 bits per heavy atom.